The van der Waals surface area contributed by atoms with Crippen molar-refractivity contribution in [3.8, 4) is 5.75 Å². The zero-order valence-corrected chi connectivity index (χ0v) is 14.8. The van der Waals surface area contributed by atoms with E-state index >= 15 is 0 Å². The predicted octanol–water partition coefficient (Wildman–Crippen LogP) is 3.79. The maximum absolute atomic E-state index is 12.6. The number of rotatable bonds is 5. The molecule has 3 atom stereocenters. The number of fused-ring (bicyclic) bond motifs is 2. The quantitative estimate of drug-likeness (QED) is 0.770. The summed E-state index contributed by atoms with van der Waals surface area (Å²) in [4.78, 5) is 12.6. The van der Waals surface area contributed by atoms with Gasteiger partial charge in [0.2, 0.25) is 0 Å². The Morgan fingerprint density at radius 3 is 2.62 bits per heavy atom. The van der Waals surface area contributed by atoms with Crippen LogP contribution in [0.4, 0.5) is 0 Å². The van der Waals surface area contributed by atoms with E-state index in [0.29, 0.717) is 19.4 Å². The van der Waals surface area contributed by atoms with E-state index in [2.05, 4.69) is 6.08 Å². The largest absolute Gasteiger partial charge is 0.497 e. The fourth-order valence-electron chi connectivity index (χ4n) is 3.68. The van der Waals surface area contributed by atoms with Crippen molar-refractivity contribution in [2.24, 2.45) is 0 Å². The van der Waals surface area contributed by atoms with Crippen molar-refractivity contribution >= 4 is 5.78 Å². The molecule has 0 saturated carbocycles. The van der Waals surface area contributed by atoms with Crippen LogP contribution in [0, 0.1) is 0 Å². The highest BCUT2D eigenvalue weighted by Gasteiger charge is 2.50. The van der Waals surface area contributed by atoms with E-state index in [1.54, 1.807) is 7.11 Å². The summed E-state index contributed by atoms with van der Waals surface area (Å²) >= 11 is 0. The molecule has 0 aliphatic carbocycles. The second kappa shape index (κ2) is 7.06. The number of ether oxygens (including phenoxy) is 3. The van der Waals surface area contributed by atoms with E-state index in [9.17, 15) is 4.79 Å². The van der Waals surface area contributed by atoms with Crippen molar-refractivity contribution in [3.05, 3.63) is 77.9 Å². The van der Waals surface area contributed by atoms with Crippen molar-refractivity contribution < 1.29 is 19.0 Å². The van der Waals surface area contributed by atoms with Crippen LogP contribution in [0.15, 0.2) is 66.7 Å². The summed E-state index contributed by atoms with van der Waals surface area (Å²) in [6, 6.07) is 17.7. The minimum Gasteiger partial charge on any atom is -0.497 e. The van der Waals surface area contributed by atoms with Crippen molar-refractivity contribution in [2.75, 3.05) is 7.11 Å². The molecule has 0 radical (unpaired) electrons. The molecule has 0 unspecified atom stereocenters. The number of hydrogen-bond donors (Lipinski definition) is 0. The predicted molar refractivity (Wildman–Crippen MR) is 97.9 cm³/mol. The molecule has 26 heavy (non-hydrogen) atoms. The summed E-state index contributed by atoms with van der Waals surface area (Å²) in [6.07, 6.45) is 4.22. The Kier molecular flexibility index (Phi) is 4.62. The molecule has 2 aromatic rings. The van der Waals surface area contributed by atoms with Crippen molar-refractivity contribution in [1.82, 2.24) is 0 Å². The van der Waals surface area contributed by atoms with Crippen LogP contribution < -0.4 is 4.74 Å². The van der Waals surface area contributed by atoms with E-state index in [0.717, 1.165) is 16.9 Å². The highest BCUT2D eigenvalue weighted by Crippen LogP contribution is 2.44. The van der Waals surface area contributed by atoms with Gasteiger partial charge < -0.3 is 14.2 Å². The Bertz CT molecular complexity index is 797. The standard InChI is InChI=1S/C22H22O4/c1-24-18-11-9-16(10-12-18)15-25-20-8-5-13-22(14-19(23)21(20)26-22)17-6-3-2-4-7-17/h2-12,20-21H,13-15H2,1H3/t20-,21+,22+/m1/s1. The van der Waals surface area contributed by atoms with Crippen LogP contribution >= 0.6 is 0 Å². The summed E-state index contributed by atoms with van der Waals surface area (Å²) in [6.45, 7) is 0.421. The molecular weight excluding hydrogens is 328 g/mol. The first-order valence-corrected chi connectivity index (χ1v) is 8.87. The molecule has 1 saturated heterocycles. The molecule has 0 aromatic heterocycles. The van der Waals surface area contributed by atoms with Crippen LogP contribution in [0.3, 0.4) is 0 Å². The molecule has 1 fully saturated rings. The van der Waals surface area contributed by atoms with Gasteiger partial charge in [0.05, 0.1) is 13.7 Å². The summed E-state index contributed by atoms with van der Waals surface area (Å²) in [5, 5.41) is 0. The zero-order chi connectivity index (χ0) is 18.0. The van der Waals surface area contributed by atoms with Crippen molar-refractivity contribution in [2.45, 2.75) is 37.3 Å². The van der Waals surface area contributed by atoms with Crippen LogP contribution in [-0.2, 0) is 26.5 Å². The van der Waals surface area contributed by atoms with E-state index in [4.69, 9.17) is 14.2 Å². The van der Waals surface area contributed by atoms with Gasteiger partial charge in [0.15, 0.2) is 5.78 Å². The molecule has 0 N–H and O–H groups in total. The van der Waals surface area contributed by atoms with Gasteiger partial charge in [0.25, 0.3) is 0 Å². The second-order valence-electron chi connectivity index (χ2n) is 6.80. The fourth-order valence-corrected chi connectivity index (χ4v) is 3.68. The third kappa shape index (κ3) is 3.18. The van der Waals surface area contributed by atoms with E-state index in [1.807, 2.05) is 60.7 Å². The van der Waals surface area contributed by atoms with Crippen LogP contribution in [0.1, 0.15) is 24.0 Å². The van der Waals surface area contributed by atoms with Crippen LogP contribution in [-0.4, -0.2) is 25.1 Å². The number of methoxy groups -OCH3 is 1. The van der Waals surface area contributed by atoms with Gasteiger partial charge in [-0.05, 0) is 29.7 Å². The lowest BCUT2D eigenvalue weighted by atomic mass is 9.85. The van der Waals surface area contributed by atoms with Gasteiger partial charge in [-0.2, -0.15) is 0 Å². The van der Waals surface area contributed by atoms with Crippen molar-refractivity contribution in [1.29, 1.82) is 0 Å². The molecule has 2 aliphatic rings. The summed E-state index contributed by atoms with van der Waals surface area (Å²) in [7, 11) is 1.64. The summed E-state index contributed by atoms with van der Waals surface area (Å²) in [5.41, 5.74) is 1.53. The van der Waals surface area contributed by atoms with Gasteiger partial charge in [-0.3, -0.25) is 4.79 Å². The minimum atomic E-state index is -0.558. The van der Waals surface area contributed by atoms with Crippen LogP contribution in [0.2, 0.25) is 0 Å². The maximum Gasteiger partial charge on any atom is 0.167 e. The summed E-state index contributed by atoms with van der Waals surface area (Å²) in [5.74, 6) is 0.919. The number of benzene rings is 2. The smallest absolute Gasteiger partial charge is 0.167 e. The molecule has 0 spiro atoms. The van der Waals surface area contributed by atoms with Gasteiger partial charge in [0.1, 0.15) is 23.6 Å². The molecule has 2 bridgehead atoms. The lowest BCUT2D eigenvalue weighted by molar-refractivity contribution is -0.133. The van der Waals surface area contributed by atoms with Gasteiger partial charge >= 0.3 is 0 Å². The minimum absolute atomic E-state index is 0.109. The normalized spacial score (nSPS) is 27.3. The van der Waals surface area contributed by atoms with E-state index in [1.165, 1.54) is 0 Å². The molecule has 4 nitrogen and oxygen atoms in total. The monoisotopic (exact) mass is 350 g/mol. The molecule has 0 amide bonds. The maximum atomic E-state index is 12.6. The van der Waals surface area contributed by atoms with Crippen molar-refractivity contribution in [3.63, 3.8) is 0 Å². The molecule has 2 aliphatic heterocycles. The Labute approximate surface area is 153 Å². The molecular formula is C22H22O4. The highest BCUT2D eigenvalue weighted by atomic mass is 16.6. The Morgan fingerprint density at radius 2 is 1.88 bits per heavy atom. The van der Waals surface area contributed by atoms with Gasteiger partial charge in [-0.1, -0.05) is 54.6 Å². The second-order valence-corrected chi connectivity index (χ2v) is 6.80. The summed E-state index contributed by atoms with van der Waals surface area (Å²) < 4.78 is 17.5. The Morgan fingerprint density at radius 1 is 1.12 bits per heavy atom. The van der Waals surface area contributed by atoms with Crippen LogP contribution in [0.5, 0.6) is 5.75 Å². The molecule has 2 aromatic carbocycles. The molecule has 4 rings (SSSR count). The fraction of sp³-hybridized carbons (Fsp3) is 0.318. The first kappa shape index (κ1) is 17.0. The number of carbonyl (C=O) groups excluding carboxylic acids is 1. The number of ketones is 1. The highest BCUT2D eigenvalue weighted by molar-refractivity contribution is 5.87. The SMILES string of the molecule is COc1ccc(CO[C@@H]2C=CC[C@@]3(c4ccccc4)CC(=O)[C@@H]2O3)cc1. The lowest BCUT2D eigenvalue weighted by Gasteiger charge is -2.27. The number of hydrogen-bond acceptors (Lipinski definition) is 4. The third-order valence-electron chi connectivity index (χ3n) is 5.10. The average Bonchev–Trinajstić information content (AvgIpc) is 2.91. The van der Waals surface area contributed by atoms with Gasteiger partial charge in [-0.15, -0.1) is 0 Å². The first-order valence-electron chi connectivity index (χ1n) is 8.87. The average molecular weight is 350 g/mol. The lowest BCUT2D eigenvalue weighted by Crippen LogP contribution is -2.32. The van der Waals surface area contributed by atoms with Crippen LogP contribution in [0.25, 0.3) is 0 Å². The van der Waals surface area contributed by atoms with E-state index < -0.39 is 11.7 Å². The third-order valence-corrected chi connectivity index (χ3v) is 5.10. The first-order chi connectivity index (χ1) is 12.7. The molecule has 4 heteroatoms. The number of carbonyl (C=O) groups is 1. The number of Topliss-reactive ketones (excluding diaryl/α,β-unsaturated/α-hetero) is 1. The molecule has 134 valence electrons. The topological polar surface area (TPSA) is 44.8 Å². The Balaban J connectivity index is 1.49. The van der Waals surface area contributed by atoms with E-state index in [-0.39, 0.29) is 11.9 Å². The van der Waals surface area contributed by atoms with Gasteiger partial charge in [-0.25, -0.2) is 0 Å². The molecule has 2 heterocycles. The zero-order valence-electron chi connectivity index (χ0n) is 14.8. The Hall–Kier alpha value is -2.43. The van der Waals surface area contributed by atoms with Gasteiger partial charge in [0, 0.05) is 6.42 Å².